The average Bonchev–Trinajstić information content (AvgIpc) is 2.01. The van der Waals surface area contributed by atoms with E-state index in [0.717, 1.165) is 5.56 Å². The van der Waals surface area contributed by atoms with Gasteiger partial charge in [-0.2, -0.15) is 0 Å². The van der Waals surface area contributed by atoms with E-state index in [2.05, 4.69) is 0 Å². The minimum absolute atomic E-state index is 0.0193. The van der Waals surface area contributed by atoms with Gasteiger partial charge in [0.1, 0.15) is 5.78 Å². The number of hydrogen-bond donors (Lipinski definition) is 0. The van der Waals surface area contributed by atoms with E-state index in [1.54, 1.807) is 12.1 Å². The molecule has 4 heteroatoms. The Kier molecular flexibility index (Phi) is 2.96. The molecular weight excluding hydrogens is 182 g/mol. The van der Waals surface area contributed by atoms with E-state index in [1.165, 1.54) is 13.0 Å². The van der Waals surface area contributed by atoms with Gasteiger partial charge >= 0.3 is 0 Å². The molecule has 4 nitrogen and oxygen atoms in total. The first kappa shape index (κ1) is 10.4. The fourth-order valence-electron chi connectivity index (χ4n) is 1.30. The number of carbonyl (C=O) groups excluding carboxylic acids is 1. The van der Waals surface area contributed by atoms with Gasteiger partial charge in [-0.1, -0.05) is 11.6 Å². The second-order valence-corrected chi connectivity index (χ2v) is 3.27. The van der Waals surface area contributed by atoms with Gasteiger partial charge in [0.05, 0.1) is 4.92 Å². The van der Waals surface area contributed by atoms with Crippen LogP contribution in [0, 0.1) is 17.0 Å². The smallest absolute Gasteiger partial charge is 0.273 e. The highest BCUT2D eigenvalue weighted by Crippen LogP contribution is 2.20. The molecule has 0 N–H and O–H groups in total. The zero-order valence-corrected chi connectivity index (χ0v) is 8.11. The topological polar surface area (TPSA) is 60.2 Å². The maximum atomic E-state index is 10.9. The Morgan fingerprint density at radius 3 is 2.64 bits per heavy atom. The van der Waals surface area contributed by atoms with Gasteiger partial charge in [0.2, 0.25) is 0 Å². The summed E-state index contributed by atoms with van der Waals surface area (Å²) in [6.07, 6.45) is 0.123. The van der Waals surface area contributed by atoms with Gasteiger partial charge in [-0.05, 0) is 19.9 Å². The highest BCUT2D eigenvalue weighted by molar-refractivity contribution is 5.79. The number of nitro benzene ring substituents is 1. The highest BCUT2D eigenvalue weighted by atomic mass is 16.6. The number of carbonyl (C=O) groups is 1. The third-order valence-electron chi connectivity index (χ3n) is 1.87. The molecule has 0 atom stereocenters. The van der Waals surface area contributed by atoms with Gasteiger partial charge in [0.25, 0.3) is 5.69 Å². The van der Waals surface area contributed by atoms with Crippen LogP contribution in [-0.2, 0) is 11.2 Å². The lowest BCUT2D eigenvalue weighted by molar-refractivity contribution is -0.385. The lowest BCUT2D eigenvalue weighted by atomic mass is 10.0. The van der Waals surface area contributed by atoms with Gasteiger partial charge in [0.15, 0.2) is 0 Å². The van der Waals surface area contributed by atoms with Crippen LogP contribution in [0.1, 0.15) is 18.1 Å². The van der Waals surface area contributed by atoms with Crippen molar-refractivity contribution in [1.82, 2.24) is 0 Å². The first-order chi connectivity index (χ1) is 6.50. The predicted molar refractivity (Wildman–Crippen MR) is 52.2 cm³/mol. The van der Waals surface area contributed by atoms with Crippen LogP contribution < -0.4 is 0 Å². The van der Waals surface area contributed by atoms with Crippen molar-refractivity contribution in [3.8, 4) is 0 Å². The summed E-state index contributed by atoms with van der Waals surface area (Å²) in [5, 5.41) is 10.6. The molecule has 14 heavy (non-hydrogen) atoms. The summed E-state index contributed by atoms with van der Waals surface area (Å²) < 4.78 is 0. The summed E-state index contributed by atoms with van der Waals surface area (Å²) in [5.41, 5.74) is 1.43. The quantitative estimate of drug-likeness (QED) is 0.545. The Morgan fingerprint density at radius 2 is 2.14 bits per heavy atom. The molecule has 1 aromatic carbocycles. The molecule has 0 aliphatic rings. The van der Waals surface area contributed by atoms with E-state index in [4.69, 9.17) is 0 Å². The maximum absolute atomic E-state index is 10.9. The molecule has 0 radical (unpaired) electrons. The van der Waals surface area contributed by atoms with E-state index in [0.29, 0.717) is 5.56 Å². The van der Waals surface area contributed by atoms with Crippen molar-refractivity contribution in [3.05, 3.63) is 39.4 Å². The summed E-state index contributed by atoms with van der Waals surface area (Å²) in [5.74, 6) is -0.0706. The number of ketones is 1. The van der Waals surface area contributed by atoms with E-state index in [1.807, 2.05) is 6.92 Å². The molecule has 0 amide bonds. The Morgan fingerprint density at radius 1 is 1.50 bits per heavy atom. The number of nitro groups is 1. The molecule has 0 saturated heterocycles. The van der Waals surface area contributed by atoms with Crippen LogP contribution in [0.25, 0.3) is 0 Å². The van der Waals surface area contributed by atoms with Gasteiger partial charge < -0.3 is 0 Å². The summed E-state index contributed by atoms with van der Waals surface area (Å²) in [7, 11) is 0. The third kappa shape index (κ3) is 2.39. The van der Waals surface area contributed by atoms with Crippen molar-refractivity contribution in [1.29, 1.82) is 0 Å². The van der Waals surface area contributed by atoms with Crippen LogP contribution in [0.4, 0.5) is 5.69 Å². The summed E-state index contributed by atoms with van der Waals surface area (Å²) in [6.45, 7) is 3.26. The lowest BCUT2D eigenvalue weighted by Crippen LogP contribution is -2.01. The molecule has 0 unspecified atom stereocenters. The summed E-state index contributed by atoms with van der Waals surface area (Å²) in [6, 6.07) is 4.79. The monoisotopic (exact) mass is 193 g/mol. The molecule has 1 aromatic rings. The Hall–Kier alpha value is -1.71. The number of Topliss-reactive ketones (excluding diaryl/α,β-unsaturated/α-hetero) is 1. The first-order valence-electron chi connectivity index (χ1n) is 4.24. The molecule has 0 aromatic heterocycles. The molecule has 74 valence electrons. The normalized spacial score (nSPS) is 9.86. The second-order valence-electron chi connectivity index (χ2n) is 3.27. The molecule has 0 saturated carbocycles. The van der Waals surface area contributed by atoms with Gasteiger partial charge in [-0.3, -0.25) is 14.9 Å². The number of hydrogen-bond acceptors (Lipinski definition) is 3. The minimum Gasteiger partial charge on any atom is -0.300 e. The highest BCUT2D eigenvalue weighted by Gasteiger charge is 2.14. The molecule has 1 rings (SSSR count). The van der Waals surface area contributed by atoms with Crippen LogP contribution in [0.2, 0.25) is 0 Å². The lowest BCUT2D eigenvalue weighted by Gasteiger charge is -2.01. The molecule has 0 fully saturated rings. The van der Waals surface area contributed by atoms with Crippen molar-refractivity contribution in [2.45, 2.75) is 20.3 Å². The predicted octanol–water partition coefficient (Wildman–Crippen LogP) is 2.03. The van der Waals surface area contributed by atoms with Crippen LogP contribution in [0.3, 0.4) is 0 Å². The van der Waals surface area contributed by atoms with Crippen molar-refractivity contribution < 1.29 is 9.72 Å². The number of nitrogens with zero attached hydrogens (tertiary/aromatic N) is 1. The minimum atomic E-state index is -0.461. The SMILES string of the molecule is CC(=O)Cc1cc(C)ccc1[N+](=O)[O-]. The fourth-order valence-corrected chi connectivity index (χ4v) is 1.30. The van der Waals surface area contributed by atoms with E-state index in [9.17, 15) is 14.9 Å². The number of rotatable bonds is 3. The van der Waals surface area contributed by atoms with Crippen LogP contribution in [-0.4, -0.2) is 10.7 Å². The third-order valence-corrected chi connectivity index (χ3v) is 1.87. The van der Waals surface area contributed by atoms with Crippen molar-refractivity contribution in [3.63, 3.8) is 0 Å². The van der Waals surface area contributed by atoms with E-state index < -0.39 is 4.92 Å². The van der Waals surface area contributed by atoms with Crippen molar-refractivity contribution in [2.24, 2.45) is 0 Å². The molecule has 0 aliphatic heterocycles. The van der Waals surface area contributed by atoms with Gasteiger partial charge in [0, 0.05) is 18.1 Å². The van der Waals surface area contributed by atoms with Gasteiger partial charge in [-0.15, -0.1) is 0 Å². The van der Waals surface area contributed by atoms with Gasteiger partial charge in [-0.25, -0.2) is 0 Å². The Bertz CT molecular complexity index is 385. The number of benzene rings is 1. The largest absolute Gasteiger partial charge is 0.300 e. The maximum Gasteiger partial charge on any atom is 0.273 e. The second kappa shape index (κ2) is 4.00. The standard InChI is InChI=1S/C10H11NO3/c1-7-3-4-10(11(13)14)9(5-7)6-8(2)12/h3-5H,6H2,1-2H3. The van der Waals surface area contributed by atoms with Crippen LogP contribution in [0.15, 0.2) is 18.2 Å². The van der Waals surface area contributed by atoms with E-state index in [-0.39, 0.29) is 17.9 Å². The molecule has 0 aliphatic carbocycles. The Labute approximate surface area is 81.7 Å². The summed E-state index contributed by atoms with van der Waals surface area (Å²) >= 11 is 0. The fraction of sp³-hybridized carbons (Fsp3) is 0.300. The molecular formula is C10H11NO3. The molecule has 0 bridgehead atoms. The zero-order chi connectivity index (χ0) is 10.7. The molecule has 0 spiro atoms. The zero-order valence-electron chi connectivity index (χ0n) is 8.11. The average molecular weight is 193 g/mol. The first-order valence-corrected chi connectivity index (χ1v) is 4.24. The van der Waals surface area contributed by atoms with E-state index >= 15 is 0 Å². The van der Waals surface area contributed by atoms with Crippen LogP contribution >= 0.6 is 0 Å². The van der Waals surface area contributed by atoms with Crippen LogP contribution in [0.5, 0.6) is 0 Å². The summed E-state index contributed by atoms with van der Waals surface area (Å²) in [4.78, 5) is 21.0. The number of aryl methyl sites for hydroxylation is 1. The van der Waals surface area contributed by atoms with Crippen molar-refractivity contribution in [2.75, 3.05) is 0 Å². The molecule has 0 heterocycles. The van der Waals surface area contributed by atoms with Crippen molar-refractivity contribution >= 4 is 11.5 Å². The Balaban J connectivity index is 3.15.